The molecule has 188 valence electrons. The normalized spacial score (nSPS) is 11.2. The molecule has 2 aromatic carbocycles. The smallest absolute Gasteiger partial charge is 0.278 e. The molecule has 11 heteroatoms. The number of halogens is 1. The SMILES string of the molecule is Cc1ccc(CNC(=O)CSc2nc3c(sc(=S)n3Cc3ccco3)c(=O)n2-c2ccc(F)cc2)cc1. The molecule has 3 aromatic heterocycles. The number of hydrogen-bond donors (Lipinski definition) is 1. The second-order valence-corrected chi connectivity index (χ2v) is 10.8. The monoisotopic (exact) mass is 552 g/mol. The van der Waals surface area contributed by atoms with Crippen LogP contribution in [0.5, 0.6) is 0 Å². The number of amides is 1. The van der Waals surface area contributed by atoms with Crippen LogP contribution in [-0.4, -0.2) is 25.8 Å². The molecular formula is C26H21FN4O3S3. The lowest BCUT2D eigenvalue weighted by molar-refractivity contribution is -0.118. The fourth-order valence-corrected chi connectivity index (χ4v) is 5.77. The van der Waals surface area contributed by atoms with Crippen molar-refractivity contribution in [2.24, 2.45) is 0 Å². The molecule has 5 rings (SSSR count). The zero-order valence-corrected chi connectivity index (χ0v) is 22.1. The molecule has 0 saturated carbocycles. The number of thiazole rings is 1. The van der Waals surface area contributed by atoms with E-state index in [1.165, 1.54) is 28.8 Å². The number of nitrogens with zero attached hydrogens (tertiary/aromatic N) is 3. The van der Waals surface area contributed by atoms with Crippen molar-refractivity contribution in [2.75, 3.05) is 5.75 Å². The van der Waals surface area contributed by atoms with Crippen molar-refractivity contribution in [1.82, 2.24) is 19.4 Å². The maximum atomic E-state index is 13.6. The number of thioether (sulfide) groups is 1. The molecule has 1 amide bonds. The fraction of sp³-hybridized carbons (Fsp3) is 0.154. The van der Waals surface area contributed by atoms with Gasteiger partial charge in [0.2, 0.25) is 5.91 Å². The van der Waals surface area contributed by atoms with Crippen molar-refractivity contribution in [3.8, 4) is 5.69 Å². The summed E-state index contributed by atoms with van der Waals surface area (Å²) in [6, 6.07) is 17.1. The number of fused-ring (bicyclic) bond motifs is 1. The van der Waals surface area contributed by atoms with Crippen LogP contribution < -0.4 is 10.9 Å². The summed E-state index contributed by atoms with van der Waals surface area (Å²) in [6.07, 6.45) is 1.57. The van der Waals surface area contributed by atoms with Gasteiger partial charge >= 0.3 is 0 Å². The maximum Gasteiger partial charge on any atom is 0.278 e. The van der Waals surface area contributed by atoms with Crippen LogP contribution in [-0.2, 0) is 17.9 Å². The summed E-state index contributed by atoms with van der Waals surface area (Å²) in [5, 5.41) is 3.20. The highest BCUT2D eigenvalue weighted by Gasteiger charge is 2.20. The molecular weight excluding hydrogens is 532 g/mol. The van der Waals surface area contributed by atoms with Gasteiger partial charge in [0.05, 0.1) is 24.2 Å². The lowest BCUT2D eigenvalue weighted by atomic mass is 10.1. The molecule has 0 saturated heterocycles. The number of furan rings is 1. The van der Waals surface area contributed by atoms with Gasteiger partial charge < -0.3 is 9.73 Å². The number of aryl methyl sites for hydroxylation is 1. The molecule has 3 heterocycles. The maximum absolute atomic E-state index is 13.6. The standard InChI is InChI=1S/C26H21FN4O3S3/c1-16-4-6-17(7-5-16)13-28-21(32)15-36-25-29-23-22(24(33)31(25)19-10-8-18(27)9-11-19)37-26(35)30(23)14-20-3-2-12-34-20/h2-12H,13-15H2,1H3,(H,28,32). The minimum atomic E-state index is -0.421. The Bertz CT molecular complexity index is 1670. The summed E-state index contributed by atoms with van der Waals surface area (Å²) < 4.78 is 23.0. The predicted molar refractivity (Wildman–Crippen MR) is 146 cm³/mol. The molecule has 7 nitrogen and oxygen atoms in total. The lowest BCUT2D eigenvalue weighted by Gasteiger charge is -2.13. The van der Waals surface area contributed by atoms with Crippen molar-refractivity contribution in [3.63, 3.8) is 0 Å². The van der Waals surface area contributed by atoms with Crippen molar-refractivity contribution in [1.29, 1.82) is 0 Å². The summed E-state index contributed by atoms with van der Waals surface area (Å²) in [5.41, 5.74) is 2.65. The zero-order chi connectivity index (χ0) is 25.9. The first-order chi connectivity index (χ1) is 17.9. The predicted octanol–water partition coefficient (Wildman–Crippen LogP) is 5.48. The third kappa shape index (κ3) is 5.58. The third-order valence-electron chi connectivity index (χ3n) is 5.58. The van der Waals surface area contributed by atoms with Gasteiger partial charge in [0.15, 0.2) is 14.8 Å². The number of carbonyl (C=O) groups is 1. The summed E-state index contributed by atoms with van der Waals surface area (Å²) >= 11 is 7.82. The first-order valence-electron chi connectivity index (χ1n) is 11.3. The Balaban J connectivity index is 1.48. The van der Waals surface area contributed by atoms with E-state index < -0.39 is 5.82 Å². The van der Waals surface area contributed by atoms with E-state index in [9.17, 15) is 14.0 Å². The van der Waals surface area contributed by atoms with Gasteiger partial charge in [-0.2, -0.15) is 0 Å². The number of benzene rings is 2. The van der Waals surface area contributed by atoms with E-state index in [-0.39, 0.29) is 17.2 Å². The molecule has 0 aliphatic rings. The van der Waals surface area contributed by atoms with Gasteiger partial charge in [-0.1, -0.05) is 52.9 Å². The van der Waals surface area contributed by atoms with Crippen molar-refractivity contribution in [3.05, 3.63) is 104 Å². The minimum absolute atomic E-state index is 0.0358. The molecule has 0 aliphatic carbocycles. The first-order valence-corrected chi connectivity index (χ1v) is 13.5. The Morgan fingerprint density at radius 2 is 1.92 bits per heavy atom. The average molecular weight is 553 g/mol. The Kier molecular flexibility index (Phi) is 7.36. The van der Waals surface area contributed by atoms with Crippen LogP contribution >= 0.6 is 35.3 Å². The molecule has 0 unspecified atom stereocenters. The van der Waals surface area contributed by atoms with Crippen LogP contribution in [0.3, 0.4) is 0 Å². The van der Waals surface area contributed by atoms with Crippen molar-refractivity contribution >= 4 is 51.6 Å². The summed E-state index contributed by atoms with van der Waals surface area (Å²) in [4.78, 5) is 31.0. The molecule has 0 radical (unpaired) electrons. The van der Waals surface area contributed by atoms with Gasteiger partial charge in [-0.3, -0.25) is 18.7 Å². The third-order valence-corrected chi connectivity index (χ3v) is 7.95. The molecule has 0 bridgehead atoms. The van der Waals surface area contributed by atoms with Crippen LogP contribution in [0.1, 0.15) is 16.9 Å². The van der Waals surface area contributed by atoms with Crippen LogP contribution in [0.4, 0.5) is 4.39 Å². The fourth-order valence-electron chi connectivity index (χ4n) is 3.68. The van der Waals surface area contributed by atoms with E-state index in [1.54, 1.807) is 16.9 Å². The van der Waals surface area contributed by atoms with Crippen LogP contribution in [0.2, 0.25) is 0 Å². The molecule has 1 N–H and O–H groups in total. The van der Waals surface area contributed by atoms with Crippen LogP contribution in [0, 0.1) is 16.7 Å². The van der Waals surface area contributed by atoms with E-state index in [0.29, 0.717) is 44.0 Å². The highest BCUT2D eigenvalue weighted by molar-refractivity contribution is 7.99. The van der Waals surface area contributed by atoms with Gasteiger partial charge in [-0.25, -0.2) is 9.37 Å². The lowest BCUT2D eigenvalue weighted by Crippen LogP contribution is -2.26. The van der Waals surface area contributed by atoms with Crippen LogP contribution in [0.15, 0.2) is 81.3 Å². The number of carbonyl (C=O) groups excluding carboxylic acids is 1. The Morgan fingerprint density at radius 1 is 1.16 bits per heavy atom. The molecule has 0 spiro atoms. The molecule has 0 fully saturated rings. The minimum Gasteiger partial charge on any atom is -0.467 e. The van der Waals surface area contributed by atoms with E-state index in [2.05, 4.69) is 5.32 Å². The second kappa shape index (κ2) is 10.8. The van der Waals surface area contributed by atoms with Crippen molar-refractivity contribution < 1.29 is 13.6 Å². The molecule has 0 atom stereocenters. The highest BCUT2D eigenvalue weighted by atomic mass is 32.2. The Hall–Kier alpha value is -3.54. The Morgan fingerprint density at radius 3 is 2.62 bits per heavy atom. The zero-order valence-electron chi connectivity index (χ0n) is 19.6. The van der Waals surface area contributed by atoms with E-state index >= 15 is 0 Å². The number of hydrogen-bond acceptors (Lipinski definition) is 7. The first kappa shape index (κ1) is 25.1. The average Bonchev–Trinajstić information content (AvgIpc) is 3.52. The summed E-state index contributed by atoms with van der Waals surface area (Å²) in [7, 11) is 0. The largest absolute Gasteiger partial charge is 0.467 e. The molecule has 37 heavy (non-hydrogen) atoms. The number of rotatable bonds is 8. The topological polar surface area (TPSA) is 82.1 Å². The van der Waals surface area contributed by atoms with Gasteiger partial charge in [0.1, 0.15) is 16.3 Å². The summed E-state index contributed by atoms with van der Waals surface area (Å²) in [6.45, 7) is 2.72. The van der Waals surface area contributed by atoms with Gasteiger partial charge in [-0.15, -0.1) is 0 Å². The second-order valence-electron chi connectivity index (χ2n) is 8.25. The van der Waals surface area contributed by atoms with E-state index in [0.717, 1.165) is 34.2 Å². The number of nitrogens with one attached hydrogen (secondary N) is 1. The van der Waals surface area contributed by atoms with Crippen LogP contribution in [0.25, 0.3) is 16.0 Å². The van der Waals surface area contributed by atoms with E-state index in [1.807, 2.05) is 37.3 Å². The Labute approximate surface area is 224 Å². The quantitative estimate of drug-likeness (QED) is 0.156. The van der Waals surface area contributed by atoms with Gasteiger partial charge in [0, 0.05) is 6.54 Å². The van der Waals surface area contributed by atoms with Gasteiger partial charge in [0.25, 0.3) is 5.56 Å². The summed E-state index contributed by atoms with van der Waals surface area (Å²) in [5.74, 6) is 0.0812. The molecule has 5 aromatic rings. The molecule has 0 aliphatic heterocycles. The van der Waals surface area contributed by atoms with Crippen molar-refractivity contribution in [2.45, 2.75) is 25.2 Å². The number of aromatic nitrogens is 3. The highest BCUT2D eigenvalue weighted by Crippen LogP contribution is 2.26. The van der Waals surface area contributed by atoms with Gasteiger partial charge in [-0.05, 0) is 61.1 Å². The van der Waals surface area contributed by atoms with E-state index in [4.69, 9.17) is 21.6 Å².